The van der Waals surface area contributed by atoms with Crippen LogP contribution in [-0.4, -0.2) is 32.0 Å². The highest BCUT2D eigenvalue weighted by Gasteiger charge is 2.28. The number of fused-ring (bicyclic) bond motifs is 1. The van der Waals surface area contributed by atoms with Gasteiger partial charge in [0.15, 0.2) is 5.65 Å². The second kappa shape index (κ2) is 3.98. The van der Waals surface area contributed by atoms with Gasteiger partial charge in [-0.25, -0.2) is 4.98 Å². The van der Waals surface area contributed by atoms with Gasteiger partial charge in [0, 0.05) is 13.7 Å². The Morgan fingerprint density at radius 1 is 1.50 bits per heavy atom. The van der Waals surface area contributed by atoms with E-state index in [4.69, 9.17) is 10.5 Å². The number of nitrogens with two attached hydrogens (primary N) is 1. The first-order chi connectivity index (χ1) is 8.59. The normalized spacial score (nSPS) is 21.8. The Balaban J connectivity index is 2.12. The van der Waals surface area contributed by atoms with Crippen LogP contribution in [0.2, 0.25) is 0 Å². The zero-order valence-corrected chi connectivity index (χ0v) is 11.1. The van der Waals surface area contributed by atoms with Gasteiger partial charge in [-0.05, 0) is 26.7 Å². The van der Waals surface area contributed by atoms with Gasteiger partial charge in [0.1, 0.15) is 5.52 Å². The average molecular weight is 249 g/mol. The Hall–Kier alpha value is -1.56. The fourth-order valence-corrected chi connectivity index (χ4v) is 2.86. The summed E-state index contributed by atoms with van der Waals surface area (Å²) in [4.78, 5) is 4.43. The largest absolute Gasteiger partial charge is 0.376 e. The van der Waals surface area contributed by atoms with E-state index in [1.165, 1.54) is 0 Å². The van der Waals surface area contributed by atoms with Crippen LogP contribution in [0.3, 0.4) is 0 Å². The summed E-state index contributed by atoms with van der Waals surface area (Å²) in [5, 5.41) is 4.40. The van der Waals surface area contributed by atoms with Crippen molar-refractivity contribution in [1.82, 2.24) is 19.3 Å². The monoisotopic (exact) mass is 249 g/mol. The highest BCUT2D eigenvalue weighted by atomic mass is 16.5. The molecule has 0 radical (unpaired) electrons. The van der Waals surface area contributed by atoms with E-state index in [0.717, 1.165) is 36.3 Å². The van der Waals surface area contributed by atoms with Gasteiger partial charge >= 0.3 is 0 Å². The summed E-state index contributed by atoms with van der Waals surface area (Å²) in [5.41, 5.74) is 8.84. The fourth-order valence-electron chi connectivity index (χ4n) is 2.86. The molecule has 0 saturated carbocycles. The van der Waals surface area contributed by atoms with Crippen molar-refractivity contribution in [1.29, 1.82) is 0 Å². The average Bonchev–Trinajstić information content (AvgIpc) is 2.98. The smallest absolute Gasteiger partial charge is 0.202 e. The Morgan fingerprint density at radius 2 is 2.28 bits per heavy atom. The molecule has 1 fully saturated rings. The van der Waals surface area contributed by atoms with Crippen molar-refractivity contribution in [2.75, 3.05) is 12.3 Å². The molecule has 6 nitrogen and oxygen atoms in total. The molecule has 3 rings (SSSR count). The number of aromatic nitrogens is 4. The number of imidazole rings is 1. The Labute approximate surface area is 106 Å². The maximum absolute atomic E-state index is 6.06. The molecule has 2 aromatic heterocycles. The molecule has 2 aromatic rings. The van der Waals surface area contributed by atoms with E-state index in [1.807, 2.05) is 23.2 Å². The standard InChI is InChI=1S/C12H19N5O/c1-7-10-11(16(3)15-7)17(12(13)14-10)8(2)9-5-4-6-18-9/h8-9H,4-6H2,1-3H3,(H2,13,14). The summed E-state index contributed by atoms with van der Waals surface area (Å²) in [6, 6.07) is 0.187. The van der Waals surface area contributed by atoms with Crippen LogP contribution in [0.25, 0.3) is 11.2 Å². The van der Waals surface area contributed by atoms with Crippen molar-refractivity contribution in [2.45, 2.75) is 38.8 Å². The molecule has 3 heterocycles. The summed E-state index contributed by atoms with van der Waals surface area (Å²) >= 11 is 0. The maximum atomic E-state index is 6.06. The Kier molecular flexibility index (Phi) is 2.55. The zero-order chi connectivity index (χ0) is 12.9. The molecule has 6 heteroatoms. The lowest BCUT2D eigenvalue weighted by molar-refractivity contribution is 0.0748. The van der Waals surface area contributed by atoms with Gasteiger partial charge in [-0.1, -0.05) is 0 Å². The molecule has 2 N–H and O–H groups in total. The highest BCUT2D eigenvalue weighted by Crippen LogP contribution is 2.30. The molecule has 0 spiro atoms. The fraction of sp³-hybridized carbons (Fsp3) is 0.667. The molecule has 2 atom stereocenters. The quantitative estimate of drug-likeness (QED) is 0.873. The maximum Gasteiger partial charge on any atom is 0.202 e. The van der Waals surface area contributed by atoms with Crippen LogP contribution in [0, 0.1) is 6.92 Å². The van der Waals surface area contributed by atoms with Gasteiger partial charge in [-0.2, -0.15) is 5.10 Å². The minimum Gasteiger partial charge on any atom is -0.376 e. The molecule has 0 aromatic carbocycles. The lowest BCUT2D eigenvalue weighted by Crippen LogP contribution is -2.23. The number of anilines is 1. The predicted molar refractivity (Wildman–Crippen MR) is 69.3 cm³/mol. The second-order valence-electron chi connectivity index (χ2n) is 5.01. The molecule has 98 valence electrons. The number of hydrogen-bond acceptors (Lipinski definition) is 4. The minimum atomic E-state index is 0.187. The van der Waals surface area contributed by atoms with E-state index in [9.17, 15) is 0 Å². The molecule has 0 bridgehead atoms. The SMILES string of the molecule is Cc1nn(C)c2c1nc(N)n2C(C)C1CCCO1. The van der Waals surface area contributed by atoms with Crippen LogP contribution >= 0.6 is 0 Å². The van der Waals surface area contributed by atoms with Crippen LogP contribution in [-0.2, 0) is 11.8 Å². The predicted octanol–water partition coefficient (Wildman–Crippen LogP) is 1.40. The summed E-state index contributed by atoms with van der Waals surface area (Å²) in [6.07, 6.45) is 2.42. The lowest BCUT2D eigenvalue weighted by Gasteiger charge is -2.21. The highest BCUT2D eigenvalue weighted by molar-refractivity contribution is 5.77. The first-order valence-electron chi connectivity index (χ1n) is 6.38. The third-order valence-electron chi connectivity index (χ3n) is 3.77. The number of rotatable bonds is 2. The van der Waals surface area contributed by atoms with Crippen molar-refractivity contribution in [2.24, 2.45) is 7.05 Å². The molecule has 0 aliphatic carbocycles. The minimum absolute atomic E-state index is 0.187. The molecule has 1 aliphatic rings. The molecular formula is C12H19N5O. The first-order valence-corrected chi connectivity index (χ1v) is 6.38. The summed E-state index contributed by atoms with van der Waals surface area (Å²) in [5.74, 6) is 0.545. The summed E-state index contributed by atoms with van der Waals surface area (Å²) in [6.45, 7) is 4.93. The van der Waals surface area contributed by atoms with Gasteiger partial charge in [0.25, 0.3) is 0 Å². The third kappa shape index (κ3) is 1.52. The van der Waals surface area contributed by atoms with E-state index in [1.54, 1.807) is 0 Å². The summed E-state index contributed by atoms with van der Waals surface area (Å²) < 4.78 is 9.65. The second-order valence-corrected chi connectivity index (χ2v) is 5.01. The van der Waals surface area contributed by atoms with E-state index in [2.05, 4.69) is 17.0 Å². The van der Waals surface area contributed by atoms with Gasteiger partial charge < -0.3 is 10.5 Å². The van der Waals surface area contributed by atoms with Crippen LogP contribution in [0.4, 0.5) is 5.95 Å². The van der Waals surface area contributed by atoms with E-state index in [-0.39, 0.29) is 12.1 Å². The number of aryl methyl sites for hydroxylation is 2. The number of ether oxygens (including phenoxy) is 1. The van der Waals surface area contributed by atoms with Crippen LogP contribution in [0.15, 0.2) is 0 Å². The van der Waals surface area contributed by atoms with Crippen molar-refractivity contribution >= 4 is 17.1 Å². The molecule has 1 aliphatic heterocycles. The molecular weight excluding hydrogens is 230 g/mol. The van der Waals surface area contributed by atoms with Gasteiger partial charge in [0.05, 0.1) is 17.8 Å². The zero-order valence-electron chi connectivity index (χ0n) is 11.1. The van der Waals surface area contributed by atoms with Gasteiger partial charge in [-0.3, -0.25) is 9.25 Å². The van der Waals surface area contributed by atoms with Gasteiger partial charge in [-0.15, -0.1) is 0 Å². The molecule has 18 heavy (non-hydrogen) atoms. The topological polar surface area (TPSA) is 70.9 Å². The van der Waals surface area contributed by atoms with Crippen LogP contribution in [0.5, 0.6) is 0 Å². The van der Waals surface area contributed by atoms with Crippen molar-refractivity contribution in [3.8, 4) is 0 Å². The summed E-state index contributed by atoms with van der Waals surface area (Å²) in [7, 11) is 1.93. The van der Waals surface area contributed by atoms with E-state index >= 15 is 0 Å². The number of nitrogens with zero attached hydrogens (tertiary/aromatic N) is 4. The number of nitrogen functional groups attached to an aromatic ring is 1. The van der Waals surface area contributed by atoms with E-state index in [0.29, 0.717) is 5.95 Å². The number of hydrogen-bond donors (Lipinski definition) is 1. The molecule has 1 saturated heterocycles. The Morgan fingerprint density at radius 3 is 2.94 bits per heavy atom. The van der Waals surface area contributed by atoms with Crippen molar-refractivity contribution in [3.05, 3.63) is 5.69 Å². The molecule has 2 unspecified atom stereocenters. The van der Waals surface area contributed by atoms with Crippen LogP contribution in [0.1, 0.15) is 31.5 Å². The van der Waals surface area contributed by atoms with Gasteiger partial charge in [0.2, 0.25) is 5.95 Å². The Bertz CT molecular complexity index is 579. The molecule has 0 amide bonds. The van der Waals surface area contributed by atoms with Crippen molar-refractivity contribution < 1.29 is 4.74 Å². The van der Waals surface area contributed by atoms with Crippen molar-refractivity contribution in [3.63, 3.8) is 0 Å². The lowest BCUT2D eigenvalue weighted by atomic mass is 10.1. The van der Waals surface area contributed by atoms with E-state index < -0.39 is 0 Å². The first kappa shape index (κ1) is 11.5. The third-order valence-corrected chi connectivity index (χ3v) is 3.77. The van der Waals surface area contributed by atoms with Crippen LogP contribution < -0.4 is 5.73 Å².